The Morgan fingerprint density at radius 2 is 2.07 bits per heavy atom. The van der Waals surface area contributed by atoms with Gasteiger partial charge in [-0.1, -0.05) is 11.6 Å². The van der Waals surface area contributed by atoms with E-state index in [0.29, 0.717) is 5.02 Å². The van der Waals surface area contributed by atoms with Crippen molar-refractivity contribution in [3.63, 3.8) is 0 Å². The summed E-state index contributed by atoms with van der Waals surface area (Å²) < 4.78 is 5.12. The SMILES string of the molecule is COc1ccc(N2CCNCC2)cc1Cl. The molecule has 0 bridgehead atoms. The maximum absolute atomic E-state index is 6.08. The summed E-state index contributed by atoms with van der Waals surface area (Å²) in [6.07, 6.45) is 0. The second kappa shape index (κ2) is 4.73. The van der Waals surface area contributed by atoms with Crippen molar-refractivity contribution in [3.05, 3.63) is 23.2 Å². The van der Waals surface area contributed by atoms with Gasteiger partial charge in [-0.2, -0.15) is 0 Å². The Morgan fingerprint density at radius 3 is 2.67 bits per heavy atom. The van der Waals surface area contributed by atoms with Crippen molar-refractivity contribution in [2.45, 2.75) is 0 Å². The Bertz CT molecular complexity index is 337. The number of piperazine rings is 1. The van der Waals surface area contributed by atoms with Crippen LogP contribution in [0, 0.1) is 0 Å². The number of methoxy groups -OCH3 is 1. The van der Waals surface area contributed by atoms with Crippen LogP contribution in [-0.4, -0.2) is 33.3 Å². The van der Waals surface area contributed by atoms with Gasteiger partial charge in [0.25, 0.3) is 0 Å². The molecule has 0 spiro atoms. The quantitative estimate of drug-likeness (QED) is 0.832. The molecule has 1 heterocycles. The van der Waals surface area contributed by atoms with E-state index in [1.54, 1.807) is 7.11 Å². The van der Waals surface area contributed by atoms with Crippen LogP contribution in [-0.2, 0) is 0 Å². The minimum atomic E-state index is 0.675. The smallest absolute Gasteiger partial charge is 0.137 e. The van der Waals surface area contributed by atoms with E-state index in [4.69, 9.17) is 16.3 Å². The molecular weight excluding hydrogens is 212 g/mol. The Hall–Kier alpha value is -0.930. The monoisotopic (exact) mass is 226 g/mol. The highest BCUT2D eigenvalue weighted by atomic mass is 35.5. The third-order valence-corrected chi connectivity index (χ3v) is 2.91. The van der Waals surface area contributed by atoms with Crippen molar-refractivity contribution in [2.24, 2.45) is 0 Å². The minimum Gasteiger partial charge on any atom is -0.495 e. The zero-order chi connectivity index (χ0) is 10.7. The third-order valence-electron chi connectivity index (χ3n) is 2.62. The van der Waals surface area contributed by atoms with Crippen molar-refractivity contribution in [1.82, 2.24) is 5.32 Å². The Labute approximate surface area is 95.0 Å². The maximum atomic E-state index is 6.08. The normalized spacial score (nSPS) is 16.5. The number of anilines is 1. The van der Waals surface area contributed by atoms with Crippen molar-refractivity contribution in [2.75, 3.05) is 38.2 Å². The van der Waals surface area contributed by atoms with E-state index in [-0.39, 0.29) is 0 Å². The number of nitrogens with one attached hydrogen (secondary N) is 1. The summed E-state index contributed by atoms with van der Waals surface area (Å²) in [7, 11) is 1.63. The highest BCUT2D eigenvalue weighted by Crippen LogP contribution is 2.29. The van der Waals surface area contributed by atoms with E-state index < -0.39 is 0 Å². The van der Waals surface area contributed by atoms with Gasteiger partial charge in [0.15, 0.2) is 0 Å². The molecule has 0 radical (unpaired) electrons. The van der Waals surface area contributed by atoms with E-state index >= 15 is 0 Å². The van der Waals surface area contributed by atoms with Gasteiger partial charge < -0.3 is 15.0 Å². The van der Waals surface area contributed by atoms with Gasteiger partial charge in [0.2, 0.25) is 0 Å². The molecule has 1 aromatic carbocycles. The lowest BCUT2D eigenvalue weighted by Gasteiger charge is -2.29. The fraction of sp³-hybridized carbons (Fsp3) is 0.455. The van der Waals surface area contributed by atoms with E-state index in [2.05, 4.69) is 16.3 Å². The Kier molecular flexibility index (Phi) is 3.34. The Morgan fingerprint density at radius 1 is 1.33 bits per heavy atom. The molecule has 3 nitrogen and oxygen atoms in total. The molecule has 0 aromatic heterocycles. The van der Waals surface area contributed by atoms with Crippen LogP contribution in [0.1, 0.15) is 0 Å². The summed E-state index contributed by atoms with van der Waals surface area (Å²) >= 11 is 6.08. The molecule has 1 aliphatic heterocycles. The topological polar surface area (TPSA) is 24.5 Å². The fourth-order valence-corrected chi connectivity index (χ4v) is 2.03. The van der Waals surface area contributed by atoms with Crippen LogP contribution in [0.25, 0.3) is 0 Å². The van der Waals surface area contributed by atoms with Crippen LogP contribution >= 0.6 is 11.6 Å². The molecule has 1 fully saturated rings. The largest absolute Gasteiger partial charge is 0.495 e. The molecular formula is C11H15ClN2O. The van der Waals surface area contributed by atoms with Gasteiger partial charge in [-0.05, 0) is 18.2 Å². The molecule has 1 aliphatic rings. The summed E-state index contributed by atoms with van der Waals surface area (Å²) in [6.45, 7) is 4.12. The molecule has 1 aromatic rings. The number of halogens is 1. The van der Waals surface area contributed by atoms with Crippen LogP contribution in [0.2, 0.25) is 5.02 Å². The first-order valence-electron chi connectivity index (χ1n) is 5.10. The minimum absolute atomic E-state index is 0.675. The van der Waals surface area contributed by atoms with Gasteiger partial charge >= 0.3 is 0 Å². The number of ether oxygens (including phenoxy) is 1. The molecule has 4 heteroatoms. The molecule has 2 rings (SSSR count). The first kappa shape index (κ1) is 10.6. The number of rotatable bonds is 2. The molecule has 0 atom stereocenters. The van der Waals surface area contributed by atoms with Crippen molar-refractivity contribution >= 4 is 17.3 Å². The van der Waals surface area contributed by atoms with Gasteiger partial charge in [0.1, 0.15) is 5.75 Å². The van der Waals surface area contributed by atoms with Gasteiger partial charge in [-0.15, -0.1) is 0 Å². The van der Waals surface area contributed by atoms with Crippen LogP contribution in [0.3, 0.4) is 0 Å². The molecule has 0 aliphatic carbocycles. The highest BCUT2D eigenvalue weighted by Gasteiger charge is 2.11. The molecule has 1 saturated heterocycles. The fourth-order valence-electron chi connectivity index (χ4n) is 1.78. The lowest BCUT2D eigenvalue weighted by Crippen LogP contribution is -2.43. The average Bonchev–Trinajstić information content (AvgIpc) is 2.30. The van der Waals surface area contributed by atoms with Crippen LogP contribution in [0.15, 0.2) is 18.2 Å². The Balaban J connectivity index is 2.17. The standard InChI is InChI=1S/C11H15ClN2O/c1-15-11-3-2-9(8-10(11)12)14-6-4-13-5-7-14/h2-3,8,13H,4-7H2,1H3. The number of benzene rings is 1. The molecule has 0 amide bonds. The molecule has 15 heavy (non-hydrogen) atoms. The lowest BCUT2D eigenvalue weighted by molar-refractivity contribution is 0.415. The summed E-state index contributed by atoms with van der Waals surface area (Å²) in [5, 5.41) is 4.00. The predicted molar refractivity (Wildman–Crippen MR) is 63.1 cm³/mol. The van der Waals surface area contributed by atoms with Crippen LogP contribution < -0.4 is 15.0 Å². The molecule has 82 valence electrons. The second-order valence-electron chi connectivity index (χ2n) is 3.56. The lowest BCUT2D eigenvalue weighted by atomic mass is 10.2. The molecule has 0 unspecified atom stereocenters. The third kappa shape index (κ3) is 2.36. The van der Waals surface area contributed by atoms with Crippen molar-refractivity contribution < 1.29 is 4.74 Å². The summed E-state index contributed by atoms with van der Waals surface area (Å²) in [5.41, 5.74) is 1.17. The molecule has 0 saturated carbocycles. The van der Waals surface area contributed by atoms with Gasteiger partial charge in [-0.25, -0.2) is 0 Å². The second-order valence-corrected chi connectivity index (χ2v) is 3.96. The highest BCUT2D eigenvalue weighted by molar-refractivity contribution is 6.32. The van der Waals surface area contributed by atoms with E-state index in [0.717, 1.165) is 31.9 Å². The van der Waals surface area contributed by atoms with E-state index in [1.165, 1.54) is 5.69 Å². The van der Waals surface area contributed by atoms with E-state index in [1.807, 2.05) is 12.1 Å². The summed E-state index contributed by atoms with van der Waals surface area (Å²) in [5.74, 6) is 0.732. The summed E-state index contributed by atoms with van der Waals surface area (Å²) in [6, 6.07) is 5.93. The molecule has 1 N–H and O–H groups in total. The summed E-state index contributed by atoms with van der Waals surface area (Å²) in [4.78, 5) is 2.32. The van der Waals surface area contributed by atoms with Gasteiger partial charge in [-0.3, -0.25) is 0 Å². The van der Waals surface area contributed by atoms with Gasteiger partial charge in [0, 0.05) is 31.9 Å². The maximum Gasteiger partial charge on any atom is 0.137 e. The van der Waals surface area contributed by atoms with Crippen LogP contribution in [0.4, 0.5) is 5.69 Å². The first-order valence-corrected chi connectivity index (χ1v) is 5.48. The van der Waals surface area contributed by atoms with Crippen molar-refractivity contribution in [1.29, 1.82) is 0 Å². The number of hydrogen-bond donors (Lipinski definition) is 1. The predicted octanol–water partition coefficient (Wildman–Crippen LogP) is 1.76. The van der Waals surface area contributed by atoms with Crippen LogP contribution in [0.5, 0.6) is 5.75 Å². The first-order chi connectivity index (χ1) is 7.31. The zero-order valence-electron chi connectivity index (χ0n) is 8.79. The van der Waals surface area contributed by atoms with Crippen molar-refractivity contribution in [3.8, 4) is 5.75 Å². The zero-order valence-corrected chi connectivity index (χ0v) is 9.55. The van der Waals surface area contributed by atoms with E-state index in [9.17, 15) is 0 Å². The number of hydrogen-bond acceptors (Lipinski definition) is 3. The van der Waals surface area contributed by atoms with Gasteiger partial charge in [0.05, 0.1) is 12.1 Å². The average molecular weight is 227 g/mol. The number of nitrogens with zero attached hydrogens (tertiary/aromatic N) is 1.